The van der Waals surface area contributed by atoms with E-state index < -0.39 is 12.2 Å². The summed E-state index contributed by atoms with van der Waals surface area (Å²) in [7, 11) is 1.46. The van der Waals surface area contributed by atoms with Crippen molar-refractivity contribution in [3.8, 4) is 17.0 Å². The van der Waals surface area contributed by atoms with Crippen LogP contribution in [0, 0.1) is 0 Å². The van der Waals surface area contributed by atoms with Gasteiger partial charge in [-0.05, 0) is 18.2 Å². The molecule has 3 aromatic heterocycles. The lowest BCUT2D eigenvalue weighted by molar-refractivity contribution is 0.122. The lowest BCUT2D eigenvalue weighted by atomic mass is 10.2. The maximum absolute atomic E-state index is 13.1. The highest BCUT2D eigenvalue weighted by Gasteiger charge is 2.18. The number of hydrogen-bond donors (Lipinski definition) is 2. The Bertz CT molecular complexity index is 1260. The van der Waals surface area contributed by atoms with Gasteiger partial charge in [-0.15, -0.1) is 0 Å². The van der Waals surface area contributed by atoms with Crippen LogP contribution in [0.25, 0.3) is 22.3 Å². The second-order valence-corrected chi connectivity index (χ2v) is 7.40. The molecule has 4 heterocycles. The van der Waals surface area contributed by atoms with Crippen molar-refractivity contribution in [3.05, 3.63) is 48.5 Å². The van der Waals surface area contributed by atoms with Crippen molar-refractivity contribution in [1.29, 1.82) is 0 Å². The van der Waals surface area contributed by atoms with Crippen molar-refractivity contribution in [3.63, 3.8) is 0 Å². The molecule has 0 unspecified atom stereocenters. The number of nitrogens with one attached hydrogen (secondary N) is 2. The van der Waals surface area contributed by atoms with Crippen molar-refractivity contribution in [2.24, 2.45) is 0 Å². The molecule has 5 rings (SSSR count). The number of anilines is 3. The van der Waals surface area contributed by atoms with Crippen LogP contribution in [0.3, 0.4) is 0 Å². The van der Waals surface area contributed by atoms with Crippen molar-refractivity contribution in [2.75, 3.05) is 43.6 Å². The summed E-state index contributed by atoms with van der Waals surface area (Å²) < 4.78 is 37.1. The molecule has 0 aliphatic carbocycles. The number of imidazole rings is 1. The Kier molecular flexibility index (Phi) is 5.69. The minimum atomic E-state index is -2.71. The summed E-state index contributed by atoms with van der Waals surface area (Å²) in [4.78, 5) is 22.2. The van der Waals surface area contributed by atoms with Crippen LogP contribution in [0.15, 0.2) is 42.7 Å². The second kappa shape index (κ2) is 8.94. The SMILES string of the molecule is COc1cc(Nc2nc(-c3cccnc3)cc(N3CCOCC3)n2)cc2[nH]c(C(F)F)nc12. The molecule has 0 spiro atoms. The van der Waals surface area contributed by atoms with Crippen LogP contribution in [0.1, 0.15) is 12.2 Å². The minimum Gasteiger partial charge on any atom is -0.494 e. The largest absolute Gasteiger partial charge is 0.494 e. The average Bonchev–Trinajstić information content (AvgIpc) is 3.29. The van der Waals surface area contributed by atoms with Gasteiger partial charge in [-0.1, -0.05) is 0 Å². The first-order valence-electron chi connectivity index (χ1n) is 10.4. The van der Waals surface area contributed by atoms with Gasteiger partial charge in [0.2, 0.25) is 5.95 Å². The molecule has 11 heteroatoms. The number of fused-ring (bicyclic) bond motifs is 1. The Morgan fingerprint density at radius 1 is 1.15 bits per heavy atom. The van der Waals surface area contributed by atoms with Crippen molar-refractivity contribution < 1.29 is 18.3 Å². The van der Waals surface area contributed by atoms with Crippen LogP contribution in [0.2, 0.25) is 0 Å². The number of nitrogens with zero attached hydrogens (tertiary/aromatic N) is 5. The Labute approximate surface area is 187 Å². The third kappa shape index (κ3) is 4.40. The van der Waals surface area contributed by atoms with Crippen LogP contribution in [0.5, 0.6) is 5.75 Å². The number of methoxy groups -OCH3 is 1. The maximum Gasteiger partial charge on any atom is 0.295 e. The van der Waals surface area contributed by atoms with E-state index in [1.807, 2.05) is 18.2 Å². The molecular weight excluding hydrogens is 432 g/mol. The zero-order chi connectivity index (χ0) is 22.8. The molecule has 0 bridgehead atoms. The molecule has 1 saturated heterocycles. The Balaban J connectivity index is 1.55. The highest BCUT2D eigenvalue weighted by Crippen LogP contribution is 2.32. The predicted molar refractivity (Wildman–Crippen MR) is 119 cm³/mol. The highest BCUT2D eigenvalue weighted by atomic mass is 19.3. The number of ether oxygens (including phenoxy) is 2. The molecule has 9 nitrogen and oxygen atoms in total. The molecule has 0 atom stereocenters. The zero-order valence-electron chi connectivity index (χ0n) is 17.8. The lowest BCUT2D eigenvalue weighted by Gasteiger charge is -2.28. The summed E-state index contributed by atoms with van der Waals surface area (Å²) in [6.07, 6.45) is 0.724. The van der Waals surface area contributed by atoms with Crippen LogP contribution in [0.4, 0.5) is 26.2 Å². The zero-order valence-corrected chi connectivity index (χ0v) is 17.8. The summed E-state index contributed by atoms with van der Waals surface area (Å²) in [5.74, 6) is 1.05. The van der Waals surface area contributed by atoms with E-state index in [-0.39, 0.29) is 0 Å². The number of pyridine rings is 1. The number of hydrogen-bond acceptors (Lipinski definition) is 8. The van der Waals surface area contributed by atoms with E-state index in [0.29, 0.717) is 60.4 Å². The lowest BCUT2D eigenvalue weighted by Crippen LogP contribution is -2.36. The van der Waals surface area contributed by atoms with Crippen LogP contribution >= 0.6 is 0 Å². The molecule has 1 aliphatic heterocycles. The van der Waals surface area contributed by atoms with E-state index in [0.717, 1.165) is 11.4 Å². The first kappa shape index (κ1) is 21.0. The third-order valence-electron chi connectivity index (χ3n) is 5.26. The molecule has 0 radical (unpaired) electrons. The minimum absolute atomic E-state index is 0.331. The third-order valence-corrected chi connectivity index (χ3v) is 5.26. The van der Waals surface area contributed by atoms with Gasteiger partial charge in [-0.3, -0.25) is 4.98 Å². The number of halogens is 2. The standard InChI is InChI=1S/C22H21F2N7O2/c1-32-17-10-14(9-16-19(17)30-21(27-16)20(23)24)26-22-28-15(13-3-2-4-25-12-13)11-18(29-22)31-5-7-33-8-6-31/h2-4,9-12,20H,5-8H2,1H3,(H,27,30)(H,26,28,29). The normalized spacial score (nSPS) is 14.1. The molecule has 170 valence electrons. The highest BCUT2D eigenvalue weighted by molar-refractivity contribution is 5.86. The summed E-state index contributed by atoms with van der Waals surface area (Å²) in [5, 5.41) is 3.18. The van der Waals surface area contributed by atoms with Gasteiger partial charge in [-0.25, -0.2) is 18.7 Å². The quantitative estimate of drug-likeness (QED) is 0.453. The number of benzene rings is 1. The predicted octanol–water partition coefficient (Wildman–Crippen LogP) is 3.94. The number of H-pyrrole nitrogens is 1. The van der Waals surface area contributed by atoms with E-state index in [2.05, 4.69) is 35.1 Å². The Morgan fingerprint density at radius 3 is 2.73 bits per heavy atom. The number of aromatic amines is 1. The average molecular weight is 453 g/mol. The topological polar surface area (TPSA) is 101 Å². The molecule has 0 saturated carbocycles. The molecular formula is C22H21F2N7O2. The number of morpholine rings is 1. The van der Waals surface area contributed by atoms with E-state index in [1.54, 1.807) is 24.5 Å². The van der Waals surface area contributed by atoms with Gasteiger partial charge in [0, 0.05) is 48.9 Å². The molecule has 0 amide bonds. The van der Waals surface area contributed by atoms with E-state index >= 15 is 0 Å². The summed E-state index contributed by atoms with van der Waals surface area (Å²) >= 11 is 0. The number of rotatable bonds is 6. The summed E-state index contributed by atoms with van der Waals surface area (Å²) in [5.41, 5.74) is 2.87. The van der Waals surface area contributed by atoms with Gasteiger partial charge < -0.3 is 24.7 Å². The Hall–Kier alpha value is -3.86. The smallest absolute Gasteiger partial charge is 0.295 e. The van der Waals surface area contributed by atoms with Crippen LogP contribution in [-0.2, 0) is 4.74 Å². The number of alkyl halides is 2. The molecule has 1 aromatic carbocycles. The van der Waals surface area contributed by atoms with E-state index in [9.17, 15) is 8.78 Å². The van der Waals surface area contributed by atoms with Gasteiger partial charge in [0.1, 0.15) is 17.1 Å². The van der Waals surface area contributed by atoms with Crippen LogP contribution in [-0.4, -0.2) is 58.3 Å². The molecule has 1 aliphatic rings. The second-order valence-electron chi connectivity index (χ2n) is 7.40. The van der Waals surface area contributed by atoms with Gasteiger partial charge >= 0.3 is 0 Å². The van der Waals surface area contributed by atoms with Gasteiger partial charge in [-0.2, -0.15) is 4.98 Å². The Morgan fingerprint density at radius 2 is 2.00 bits per heavy atom. The summed E-state index contributed by atoms with van der Waals surface area (Å²) in [6.45, 7) is 2.67. The maximum atomic E-state index is 13.1. The van der Waals surface area contributed by atoms with E-state index in [1.165, 1.54) is 7.11 Å². The first-order chi connectivity index (χ1) is 16.1. The fourth-order valence-electron chi connectivity index (χ4n) is 3.67. The van der Waals surface area contributed by atoms with Crippen molar-refractivity contribution in [2.45, 2.75) is 6.43 Å². The molecule has 33 heavy (non-hydrogen) atoms. The van der Waals surface area contributed by atoms with Crippen molar-refractivity contribution in [1.82, 2.24) is 24.9 Å². The molecule has 4 aromatic rings. The fourth-order valence-corrected chi connectivity index (χ4v) is 3.67. The van der Waals surface area contributed by atoms with E-state index in [4.69, 9.17) is 9.47 Å². The van der Waals surface area contributed by atoms with Gasteiger partial charge in [0.15, 0.2) is 5.82 Å². The molecule has 2 N–H and O–H groups in total. The number of aromatic nitrogens is 5. The van der Waals surface area contributed by atoms with Gasteiger partial charge in [0.05, 0.1) is 31.5 Å². The van der Waals surface area contributed by atoms with Crippen molar-refractivity contribution >= 4 is 28.5 Å². The van der Waals surface area contributed by atoms with Gasteiger partial charge in [0.25, 0.3) is 6.43 Å². The summed E-state index contributed by atoms with van der Waals surface area (Å²) in [6, 6.07) is 9.03. The monoisotopic (exact) mass is 453 g/mol. The first-order valence-corrected chi connectivity index (χ1v) is 10.4. The fraction of sp³-hybridized carbons (Fsp3) is 0.273. The molecule has 1 fully saturated rings. The van der Waals surface area contributed by atoms with Crippen LogP contribution < -0.4 is 15.0 Å².